The van der Waals surface area contributed by atoms with Crippen LogP contribution in [0.3, 0.4) is 0 Å². The molecule has 1 rings (SSSR count). The van der Waals surface area contributed by atoms with Crippen molar-refractivity contribution in [3.63, 3.8) is 0 Å². The minimum absolute atomic E-state index is 0.828. The Labute approximate surface area is 60.0 Å². The minimum atomic E-state index is 0.828. The summed E-state index contributed by atoms with van der Waals surface area (Å²) in [5.41, 5.74) is 0. The Hall–Kier alpha value is -0.240. The summed E-state index contributed by atoms with van der Waals surface area (Å²) >= 11 is 1.63. The first-order chi connectivity index (χ1) is 4.33. The van der Waals surface area contributed by atoms with Crippen molar-refractivity contribution in [2.45, 2.75) is 26.2 Å². The molecule has 1 heterocycles. The van der Waals surface area contributed by atoms with Gasteiger partial charge in [-0.25, -0.2) is 0 Å². The fraction of sp³-hybridized carbons (Fsp3) is 0.571. The first kappa shape index (κ1) is 6.87. The summed E-state index contributed by atoms with van der Waals surface area (Å²) in [6.45, 7) is 2.14. The molecule has 50 valence electrons. The van der Waals surface area contributed by atoms with Gasteiger partial charge in [-0.05, 0) is 24.2 Å². The van der Waals surface area contributed by atoms with Crippen LogP contribution in [0.5, 0.6) is 0 Å². The van der Waals surface area contributed by atoms with Gasteiger partial charge in [-0.2, -0.15) is 0 Å². The number of rotatable bonds is 1. The average molecular weight is 141 g/mol. The van der Waals surface area contributed by atoms with E-state index in [9.17, 15) is 0 Å². The van der Waals surface area contributed by atoms with E-state index in [1.54, 1.807) is 11.8 Å². The largest absolute Gasteiger partial charge is 0.298 e. The zero-order valence-corrected chi connectivity index (χ0v) is 6.42. The van der Waals surface area contributed by atoms with Gasteiger partial charge >= 0.3 is 0 Å². The molecule has 0 aliphatic carbocycles. The standard InChI is InChI=1S/C7H11NS/c1-2-6-4-3-5-7(8)9-6/h4,8H,2-3,5H2,1H3. The van der Waals surface area contributed by atoms with Crippen molar-refractivity contribution < 1.29 is 0 Å². The molecule has 1 aliphatic heterocycles. The summed E-state index contributed by atoms with van der Waals surface area (Å²) in [4.78, 5) is 1.37. The molecule has 0 amide bonds. The van der Waals surface area contributed by atoms with Crippen LogP contribution in [-0.2, 0) is 0 Å². The van der Waals surface area contributed by atoms with Crippen LogP contribution in [0.1, 0.15) is 26.2 Å². The molecule has 0 aromatic heterocycles. The monoisotopic (exact) mass is 141 g/mol. The Morgan fingerprint density at radius 3 is 3.00 bits per heavy atom. The fourth-order valence-electron chi connectivity index (χ4n) is 0.832. The Balaban J connectivity index is 2.53. The molecule has 0 fully saturated rings. The van der Waals surface area contributed by atoms with Gasteiger partial charge in [0.2, 0.25) is 0 Å². The Bertz CT molecular complexity index is 149. The van der Waals surface area contributed by atoms with Gasteiger partial charge in [0.25, 0.3) is 0 Å². The molecule has 2 heteroatoms. The highest BCUT2D eigenvalue weighted by molar-refractivity contribution is 8.17. The first-order valence-corrected chi connectivity index (χ1v) is 4.09. The molecule has 0 unspecified atom stereocenters. The van der Waals surface area contributed by atoms with E-state index < -0.39 is 0 Å². The molecule has 0 atom stereocenters. The maximum atomic E-state index is 7.34. The molecule has 1 N–H and O–H groups in total. The zero-order chi connectivity index (χ0) is 6.69. The topological polar surface area (TPSA) is 23.9 Å². The zero-order valence-electron chi connectivity index (χ0n) is 5.61. The lowest BCUT2D eigenvalue weighted by Gasteiger charge is -2.09. The first-order valence-electron chi connectivity index (χ1n) is 3.27. The molecule has 0 bridgehead atoms. The highest BCUT2D eigenvalue weighted by atomic mass is 32.2. The van der Waals surface area contributed by atoms with Gasteiger partial charge < -0.3 is 0 Å². The van der Waals surface area contributed by atoms with Gasteiger partial charge in [-0.15, -0.1) is 0 Å². The van der Waals surface area contributed by atoms with Gasteiger partial charge in [-0.1, -0.05) is 24.8 Å². The predicted octanol–water partition coefficient (Wildman–Crippen LogP) is 2.78. The van der Waals surface area contributed by atoms with E-state index in [1.165, 1.54) is 4.91 Å². The van der Waals surface area contributed by atoms with Crippen molar-refractivity contribution in [3.8, 4) is 0 Å². The number of allylic oxidation sites excluding steroid dienone is 2. The number of hydrogen-bond donors (Lipinski definition) is 1. The maximum Gasteiger partial charge on any atom is 0.0688 e. The van der Waals surface area contributed by atoms with Crippen LogP contribution < -0.4 is 0 Å². The van der Waals surface area contributed by atoms with Crippen LogP contribution in [-0.4, -0.2) is 5.04 Å². The molecule has 0 radical (unpaired) electrons. The van der Waals surface area contributed by atoms with Crippen LogP contribution in [0.25, 0.3) is 0 Å². The normalized spacial score (nSPS) is 19.7. The third-order valence-corrected chi connectivity index (χ3v) is 2.51. The van der Waals surface area contributed by atoms with Gasteiger partial charge in [0.15, 0.2) is 0 Å². The number of hydrogen-bond acceptors (Lipinski definition) is 2. The molecule has 1 aliphatic rings. The van der Waals surface area contributed by atoms with Crippen molar-refractivity contribution in [2.75, 3.05) is 0 Å². The summed E-state index contributed by atoms with van der Waals surface area (Å²) in [6.07, 6.45) is 5.36. The van der Waals surface area contributed by atoms with E-state index in [2.05, 4.69) is 13.0 Å². The Morgan fingerprint density at radius 2 is 2.56 bits per heavy atom. The molecule has 0 aromatic carbocycles. The molecular formula is C7H11NS. The fourth-order valence-corrected chi connectivity index (χ4v) is 1.71. The van der Waals surface area contributed by atoms with Gasteiger partial charge in [0.1, 0.15) is 0 Å². The smallest absolute Gasteiger partial charge is 0.0688 e. The molecule has 9 heavy (non-hydrogen) atoms. The van der Waals surface area contributed by atoms with Gasteiger partial charge in [0, 0.05) is 0 Å². The lowest BCUT2D eigenvalue weighted by Crippen LogP contribution is -1.95. The molecule has 1 nitrogen and oxygen atoms in total. The lowest BCUT2D eigenvalue weighted by molar-refractivity contribution is 1.06. The molecule has 0 saturated heterocycles. The molecular weight excluding hydrogens is 130 g/mol. The predicted molar refractivity (Wildman–Crippen MR) is 42.9 cm³/mol. The third kappa shape index (κ3) is 1.86. The van der Waals surface area contributed by atoms with Crippen LogP contribution in [0.4, 0.5) is 0 Å². The summed E-state index contributed by atoms with van der Waals surface area (Å²) in [6, 6.07) is 0. The highest BCUT2D eigenvalue weighted by Gasteiger charge is 2.05. The van der Waals surface area contributed by atoms with Crippen LogP contribution in [0.15, 0.2) is 11.0 Å². The van der Waals surface area contributed by atoms with Crippen molar-refractivity contribution in [1.29, 1.82) is 5.41 Å². The average Bonchev–Trinajstić information content (AvgIpc) is 1.88. The van der Waals surface area contributed by atoms with Gasteiger partial charge in [0.05, 0.1) is 5.04 Å². The third-order valence-electron chi connectivity index (χ3n) is 1.35. The van der Waals surface area contributed by atoms with Gasteiger partial charge in [-0.3, -0.25) is 5.41 Å². The second-order valence-electron chi connectivity index (χ2n) is 2.09. The number of thioether (sulfide) groups is 1. The van der Waals surface area contributed by atoms with E-state index in [1.807, 2.05) is 0 Å². The second kappa shape index (κ2) is 3.06. The van der Waals surface area contributed by atoms with E-state index in [4.69, 9.17) is 5.41 Å². The van der Waals surface area contributed by atoms with Crippen molar-refractivity contribution in [1.82, 2.24) is 0 Å². The van der Waals surface area contributed by atoms with E-state index in [0.29, 0.717) is 0 Å². The van der Waals surface area contributed by atoms with Crippen molar-refractivity contribution >= 4 is 16.8 Å². The maximum absolute atomic E-state index is 7.34. The summed E-state index contributed by atoms with van der Waals surface area (Å²) < 4.78 is 0. The second-order valence-corrected chi connectivity index (χ2v) is 3.31. The number of nitrogens with one attached hydrogen (secondary N) is 1. The molecule has 0 spiro atoms. The Kier molecular flexibility index (Phi) is 2.34. The molecule has 0 aromatic rings. The SMILES string of the molecule is CCC1=CCCC(=N)S1. The quantitative estimate of drug-likeness (QED) is 0.596. The summed E-state index contributed by atoms with van der Waals surface area (Å²) in [5, 5.41) is 8.17. The van der Waals surface area contributed by atoms with Crippen molar-refractivity contribution in [2.24, 2.45) is 0 Å². The van der Waals surface area contributed by atoms with E-state index in [-0.39, 0.29) is 0 Å². The van der Waals surface area contributed by atoms with Crippen LogP contribution in [0.2, 0.25) is 0 Å². The Morgan fingerprint density at radius 1 is 1.78 bits per heavy atom. The minimum Gasteiger partial charge on any atom is -0.298 e. The summed E-state index contributed by atoms with van der Waals surface area (Å²) in [7, 11) is 0. The van der Waals surface area contributed by atoms with E-state index in [0.717, 1.165) is 24.3 Å². The molecule has 0 saturated carbocycles. The van der Waals surface area contributed by atoms with Crippen LogP contribution in [0, 0.1) is 5.41 Å². The van der Waals surface area contributed by atoms with E-state index >= 15 is 0 Å². The summed E-state index contributed by atoms with van der Waals surface area (Å²) in [5.74, 6) is 0. The van der Waals surface area contributed by atoms with Crippen LogP contribution >= 0.6 is 11.8 Å². The van der Waals surface area contributed by atoms with Crippen molar-refractivity contribution in [3.05, 3.63) is 11.0 Å². The lowest BCUT2D eigenvalue weighted by atomic mass is 10.3. The highest BCUT2D eigenvalue weighted by Crippen LogP contribution is 2.27.